The molecular weight excluding hydrogens is 287 g/mol. The summed E-state index contributed by atoms with van der Waals surface area (Å²) in [6.45, 7) is 2.33. The fraction of sp³-hybridized carbons (Fsp3) is 0.529. The smallest absolute Gasteiger partial charge is 0.270 e. The van der Waals surface area contributed by atoms with Crippen LogP contribution >= 0.6 is 0 Å². The molecule has 122 valence electrons. The molecule has 1 saturated heterocycles. The maximum Gasteiger partial charge on any atom is 0.270 e. The maximum absolute atomic E-state index is 11.5. The standard InChI is InChI=1S/C17H25BN4O/c1-21-10-8-18(13-20)11-17(21)12-22(14-23)16-6-4-15(5-7-16)3-2-9-19/h4-7,14,17H,2-3,8-12,19H2,1H3. The monoisotopic (exact) mass is 312 g/mol. The van der Waals surface area contributed by atoms with Crippen LogP contribution in [0.1, 0.15) is 12.0 Å². The number of carbonyl (C=O) groups is 1. The number of likely N-dealkylation sites (N-methyl/N-ethyl adjacent to an activating group) is 1. The Morgan fingerprint density at radius 1 is 1.48 bits per heavy atom. The van der Waals surface area contributed by atoms with Crippen LogP contribution in [0.2, 0.25) is 12.6 Å². The van der Waals surface area contributed by atoms with Crippen molar-refractivity contribution in [1.29, 1.82) is 5.26 Å². The number of anilines is 1. The van der Waals surface area contributed by atoms with E-state index in [0.717, 1.165) is 44.1 Å². The summed E-state index contributed by atoms with van der Waals surface area (Å²) in [6.07, 6.45) is 4.57. The highest BCUT2D eigenvalue weighted by Gasteiger charge is 2.30. The molecule has 0 radical (unpaired) electrons. The maximum atomic E-state index is 11.5. The highest BCUT2D eigenvalue weighted by molar-refractivity contribution is 6.67. The van der Waals surface area contributed by atoms with E-state index in [0.29, 0.717) is 13.1 Å². The lowest BCUT2D eigenvalue weighted by Crippen LogP contribution is -2.48. The Morgan fingerprint density at radius 3 is 2.83 bits per heavy atom. The Morgan fingerprint density at radius 2 is 2.22 bits per heavy atom. The first-order valence-corrected chi connectivity index (χ1v) is 8.28. The first kappa shape index (κ1) is 17.5. The van der Waals surface area contributed by atoms with E-state index in [1.165, 1.54) is 5.56 Å². The molecule has 0 aliphatic carbocycles. The van der Waals surface area contributed by atoms with E-state index in [1.54, 1.807) is 4.90 Å². The van der Waals surface area contributed by atoms with Crippen LogP contribution in [0.4, 0.5) is 5.69 Å². The Hall–Kier alpha value is -1.84. The number of hydrogen-bond acceptors (Lipinski definition) is 4. The van der Waals surface area contributed by atoms with Crippen molar-refractivity contribution >= 4 is 18.8 Å². The lowest BCUT2D eigenvalue weighted by atomic mass is 9.43. The van der Waals surface area contributed by atoms with Gasteiger partial charge in [0, 0.05) is 24.2 Å². The number of hydrogen-bond donors (Lipinski definition) is 1. The van der Waals surface area contributed by atoms with Gasteiger partial charge in [0.2, 0.25) is 6.41 Å². The fourth-order valence-electron chi connectivity index (χ4n) is 3.10. The van der Waals surface area contributed by atoms with Gasteiger partial charge in [0.05, 0.1) is 0 Å². The third kappa shape index (κ3) is 4.82. The quantitative estimate of drug-likeness (QED) is 0.610. The molecule has 2 rings (SSSR count). The summed E-state index contributed by atoms with van der Waals surface area (Å²) in [5.41, 5.74) is 7.68. The van der Waals surface area contributed by atoms with Crippen LogP contribution in [0.3, 0.4) is 0 Å². The van der Waals surface area contributed by atoms with Crippen LogP contribution in [0, 0.1) is 11.2 Å². The molecule has 1 atom stereocenters. The van der Waals surface area contributed by atoms with Crippen LogP contribution in [0.5, 0.6) is 0 Å². The van der Waals surface area contributed by atoms with Gasteiger partial charge in [-0.1, -0.05) is 12.1 Å². The molecule has 1 fully saturated rings. The van der Waals surface area contributed by atoms with Gasteiger partial charge in [-0.15, -0.1) is 0 Å². The number of amides is 1. The topological polar surface area (TPSA) is 73.4 Å². The van der Waals surface area contributed by atoms with Crippen molar-refractivity contribution in [2.75, 3.05) is 31.6 Å². The number of aryl methyl sites for hydroxylation is 1. The number of benzene rings is 1. The van der Waals surface area contributed by atoms with Gasteiger partial charge in [-0.2, -0.15) is 0 Å². The fourth-order valence-corrected chi connectivity index (χ4v) is 3.10. The first-order chi connectivity index (χ1) is 11.2. The van der Waals surface area contributed by atoms with Gasteiger partial charge in [0.15, 0.2) is 0 Å². The molecule has 0 spiro atoms. The second-order valence-corrected chi connectivity index (χ2v) is 6.30. The molecule has 1 heterocycles. The molecule has 0 aromatic heterocycles. The van der Waals surface area contributed by atoms with Crippen molar-refractivity contribution in [3.63, 3.8) is 0 Å². The SMILES string of the molecule is CN1CCB(C#N)CC1CN(C=O)c1ccc(CCCN)cc1. The van der Waals surface area contributed by atoms with Crippen molar-refractivity contribution in [3.8, 4) is 5.97 Å². The molecule has 2 N–H and O–H groups in total. The van der Waals surface area contributed by atoms with Crippen LogP contribution in [-0.4, -0.2) is 50.7 Å². The van der Waals surface area contributed by atoms with Crippen LogP contribution in [-0.2, 0) is 11.2 Å². The Kier molecular flexibility index (Phi) is 6.63. The van der Waals surface area contributed by atoms with Crippen molar-refractivity contribution in [2.24, 2.45) is 5.73 Å². The molecule has 6 heteroatoms. The summed E-state index contributed by atoms with van der Waals surface area (Å²) in [5, 5.41) is 9.14. The minimum Gasteiger partial charge on any atom is -0.330 e. The average Bonchev–Trinajstić information content (AvgIpc) is 2.60. The summed E-state index contributed by atoms with van der Waals surface area (Å²) < 4.78 is 0. The predicted octanol–water partition coefficient (Wildman–Crippen LogP) is 1.41. The van der Waals surface area contributed by atoms with Crippen LogP contribution < -0.4 is 10.6 Å². The Labute approximate surface area is 139 Å². The lowest BCUT2D eigenvalue weighted by molar-refractivity contribution is -0.107. The van der Waals surface area contributed by atoms with E-state index in [-0.39, 0.29) is 12.8 Å². The van der Waals surface area contributed by atoms with Crippen LogP contribution in [0.15, 0.2) is 24.3 Å². The van der Waals surface area contributed by atoms with Gasteiger partial charge < -0.3 is 15.5 Å². The second kappa shape index (κ2) is 8.71. The number of nitriles is 1. The zero-order valence-electron chi connectivity index (χ0n) is 13.8. The molecule has 5 nitrogen and oxygen atoms in total. The van der Waals surface area contributed by atoms with Gasteiger partial charge >= 0.3 is 0 Å². The Balaban J connectivity index is 2.01. The third-order valence-electron chi connectivity index (χ3n) is 4.67. The summed E-state index contributed by atoms with van der Waals surface area (Å²) in [5.74, 6) is 2.37. The van der Waals surface area contributed by atoms with E-state index >= 15 is 0 Å². The highest BCUT2D eigenvalue weighted by atomic mass is 16.1. The molecule has 1 aliphatic heterocycles. The van der Waals surface area contributed by atoms with Crippen LogP contribution in [0.25, 0.3) is 0 Å². The van der Waals surface area contributed by atoms with E-state index in [2.05, 4.69) is 30.0 Å². The average molecular weight is 312 g/mol. The first-order valence-electron chi connectivity index (χ1n) is 8.28. The zero-order valence-corrected chi connectivity index (χ0v) is 13.8. The van der Waals surface area contributed by atoms with Crippen molar-refractivity contribution in [3.05, 3.63) is 29.8 Å². The minimum atomic E-state index is 0.100. The molecule has 1 aliphatic rings. The van der Waals surface area contributed by atoms with Gasteiger partial charge in [0.25, 0.3) is 6.71 Å². The highest BCUT2D eigenvalue weighted by Crippen LogP contribution is 2.21. The van der Waals surface area contributed by atoms with E-state index in [1.807, 2.05) is 12.1 Å². The van der Waals surface area contributed by atoms with E-state index in [9.17, 15) is 4.79 Å². The molecular formula is C17H25BN4O. The van der Waals surface area contributed by atoms with Gasteiger partial charge in [0.1, 0.15) is 0 Å². The van der Waals surface area contributed by atoms with E-state index in [4.69, 9.17) is 11.0 Å². The van der Waals surface area contributed by atoms with Crippen molar-refractivity contribution in [2.45, 2.75) is 31.5 Å². The number of rotatable bonds is 7. The van der Waals surface area contributed by atoms with Crippen molar-refractivity contribution < 1.29 is 4.79 Å². The number of carbonyl (C=O) groups excluding carboxylic acids is 1. The summed E-state index contributed by atoms with van der Waals surface area (Å²) in [6, 6.07) is 8.33. The molecule has 1 aromatic carbocycles. The molecule has 0 bridgehead atoms. The zero-order chi connectivity index (χ0) is 16.7. The van der Waals surface area contributed by atoms with Gasteiger partial charge in [-0.05, 0) is 63.3 Å². The summed E-state index contributed by atoms with van der Waals surface area (Å²) in [7, 11) is 2.07. The number of nitrogens with two attached hydrogens (primary N) is 1. The molecule has 0 saturated carbocycles. The lowest BCUT2D eigenvalue weighted by Gasteiger charge is -2.36. The molecule has 1 aromatic rings. The minimum absolute atomic E-state index is 0.100. The predicted molar refractivity (Wildman–Crippen MR) is 94.6 cm³/mol. The summed E-state index contributed by atoms with van der Waals surface area (Å²) >= 11 is 0. The normalized spacial score (nSPS) is 18.5. The Bertz CT molecular complexity index is 543. The molecule has 1 amide bonds. The molecule has 23 heavy (non-hydrogen) atoms. The third-order valence-corrected chi connectivity index (χ3v) is 4.67. The van der Waals surface area contributed by atoms with Gasteiger partial charge in [-0.25, -0.2) is 5.26 Å². The largest absolute Gasteiger partial charge is 0.330 e. The number of nitrogens with zero attached hydrogens (tertiary/aromatic N) is 3. The second-order valence-electron chi connectivity index (χ2n) is 6.30. The van der Waals surface area contributed by atoms with Gasteiger partial charge in [-0.3, -0.25) is 4.79 Å². The summed E-state index contributed by atoms with van der Waals surface area (Å²) in [4.78, 5) is 15.5. The molecule has 1 unspecified atom stereocenters. The van der Waals surface area contributed by atoms with E-state index < -0.39 is 0 Å². The van der Waals surface area contributed by atoms with Crippen molar-refractivity contribution in [1.82, 2.24) is 4.90 Å².